The van der Waals surface area contributed by atoms with Crippen molar-refractivity contribution in [2.24, 2.45) is 17.8 Å². The second-order valence-corrected chi connectivity index (χ2v) is 12.2. The van der Waals surface area contributed by atoms with E-state index in [1.165, 1.54) is 19.3 Å². The van der Waals surface area contributed by atoms with E-state index in [-0.39, 0.29) is 24.1 Å². The molecule has 2 atom stereocenters. The highest BCUT2D eigenvalue weighted by molar-refractivity contribution is 5.95. The lowest BCUT2D eigenvalue weighted by molar-refractivity contribution is -0.139. The molecule has 39 heavy (non-hydrogen) atoms. The molecule has 0 radical (unpaired) electrons. The standard InChI is InChI=1S/C32H33N3O4/c1-2-9-39-23-7-8-26-24(13-23)25-14-27(31(37)38)34-28(29(25)33-26)21-3-5-22(6-4-21)30(36)35-32-15-18-10-19(16-32)12-20(11-18)17-32/h1,3-8,13,18-20,27-28,33-34H,9-12,14-17H2,(H,35,36)(H,37,38)/t18?,19?,20?,27-,28+,32?/m1/s1. The van der Waals surface area contributed by atoms with Gasteiger partial charge in [-0.2, -0.15) is 0 Å². The molecule has 1 aromatic heterocycles. The van der Waals surface area contributed by atoms with Gasteiger partial charge in [0.1, 0.15) is 18.4 Å². The molecule has 0 spiro atoms. The SMILES string of the molecule is C#CCOc1ccc2[nH]c3c(c2c1)C[C@H](C(=O)O)N[C@H]3c1ccc(C(=O)NC23CC4CC(CC(C4)C2)C3)cc1. The maximum absolute atomic E-state index is 13.3. The summed E-state index contributed by atoms with van der Waals surface area (Å²) in [4.78, 5) is 28.9. The molecule has 200 valence electrons. The third-order valence-corrected chi connectivity index (χ3v) is 9.52. The number of H-pyrrole nitrogens is 1. The quantitative estimate of drug-likeness (QED) is 0.355. The molecular formula is C32H33N3O4. The Hall–Kier alpha value is -3.76. The Balaban J connectivity index is 1.16. The smallest absolute Gasteiger partial charge is 0.321 e. The number of amides is 1. The number of aliphatic carboxylic acids is 1. The van der Waals surface area contributed by atoms with E-state index in [1.807, 2.05) is 42.5 Å². The molecule has 4 aliphatic carbocycles. The molecule has 4 bridgehead atoms. The molecule has 4 saturated carbocycles. The lowest BCUT2D eigenvalue weighted by atomic mass is 9.53. The fraction of sp³-hybridized carbons (Fsp3) is 0.438. The van der Waals surface area contributed by atoms with Crippen molar-refractivity contribution in [2.45, 2.75) is 62.6 Å². The number of aromatic amines is 1. The average Bonchev–Trinajstić information content (AvgIpc) is 3.28. The van der Waals surface area contributed by atoms with Crippen molar-refractivity contribution in [3.63, 3.8) is 0 Å². The first kappa shape index (κ1) is 24.3. The Morgan fingerprint density at radius 2 is 1.74 bits per heavy atom. The van der Waals surface area contributed by atoms with E-state index in [0.29, 0.717) is 17.7 Å². The van der Waals surface area contributed by atoms with Crippen molar-refractivity contribution in [1.29, 1.82) is 0 Å². The number of rotatable bonds is 6. The minimum Gasteiger partial charge on any atom is -0.481 e. The van der Waals surface area contributed by atoms with Crippen molar-refractivity contribution in [3.05, 3.63) is 64.8 Å². The monoisotopic (exact) mass is 523 g/mol. The molecule has 4 N–H and O–H groups in total. The van der Waals surface area contributed by atoms with E-state index in [4.69, 9.17) is 11.2 Å². The molecule has 0 saturated heterocycles. The van der Waals surface area contributed by atoms with Crippen LogP contribution < -0.4 is 15.4 Å². The van der Waals surface area contributed by atoms with Gasteiger partial charge >= 0.3 is 5.97 Å². The molecule has 2 aromatic carbocycles. The third-order valence-electron chi connectivity index (χ3n) is 9.52. The molecule has 4 fully saturated rings. The van der Waals surface area contributed by atoms with E-state index in [9.17, 15) is 14.7 Å². The van der Waals surface area contributed by atoms with Gasteiger partial charge in [-0.15, -0.1) is 6.42 Å². The maximum Gasteiger partial charge on any atom is 0.321 e. The fourth-order valence-electron chi connectivity index (χ4n) is 8.30. The first-order chi connectivity index (χ1) is 18.9. The number of carbonyl (C=O) groups is 2. The number of ether oxygens (including phenoxy) is 1. The van der Waals surface area contributed by atoms with E-state index in [1.54, 1.807) is 0 Å². The molecule has 7 nitrogen and oxygen atoms in total. The predicted molar refractivity (Wildman–Crippen MR) is 148 cm³/mol. The lowest BCUT2D eigenvalue weighted by Crippen LogP contribution is -2.59. The fourth-order valence-corrected chi connectivity index (χ4v) is 8.30. The molecule has 1 amide bonds. The summed E-state index contributed by atoms with van der Waals surface area (Å²) in [5.74, 6) is 4.53. The van der Waals surface area contributed by atoms with Crippen LogP contribution in [0.15, 0.2) is 42.5 Å². The minimum absolute atomic E-state index is 0.00526. The van der Waals surface area contributed by atoms with E-state index in [2.05, 4.69) is 21.5 Å². The van der Waals surface area contributed by atoms with Crippen molar-refractivity contribution in [2.75, 3.05) is 6.61 Å². The number of hydrogen-bond acceptors (Lipinski definition) is 4. The summed E-state index contributed by atoms with van der Waals surface area (Å²) in [5.41, 5.74) is 4.32. The number of carbonyl (C=O) groups excluding carboxylic acids is 1. The predicted octanol–water partition coefficient (Wildman–Crippen LogP) is 4.57. The van der Waals surface area contributed by atoms with Gasteiger partial charge in [-0.1, -0.05) is 18.1 Å². The molecule has 2 heterocycles. The molecule has 7 heteroatoms. The first-order valence-electron chi connectivity index (χ1n) is 14.0. The van der Waals surface area contributed by atoms with Crippen LogP contribution in [-0.2, 0) is 11.2 Å². The zero-order valence-corrected chi connectivity index (χ0v) is 21.8. The van der Waals surface area contributed by atoms with Crippen LogP contribution in [0.1, 0.15) is 71.7 Å². The first-order valence-corrected chi connectivity index (χ1v) is 14.0. The highest BCUT2D eigenvalue weighted by Gasteiger charge is 2.51. The van der Waals surface area contributed by atoms with Crippen LogP contribution in [0.4, 0.5) is 0 Å². The van der Waals surface area contributed by atoms with E-state index in [0.717, 1.165) is 64.7 Å². The Bertz CT molecular complexity index is 1460. The summed E-state index contributed by atoms with van der Waals surface area (Å²) in [6.45, 7) is 0.169. The zero-order chi connectivity index (χ0) is 26.7. The summed E-state index contributed by atoms with van der Waals surface area (Å²) in [7, 11) is 0. The molecule has 8 rings (SSSR count). The maximum atomic E-state index is 13.3. The van der Waals surface area contributed by atoms with Gasteiger partial charge in [0.05, 0.1) is 6.04 Å². The summed E-state index contributed by atoms with van der Waals surface area (Å²) in [6.07, 6.45) is 13.1. The van der Waals surface area contributed by atoms with Gasteiger partial charge in [0.2, 0.25) is 0 Å². The van der Waals surface area contributed by atoms with Crippen LogP contribution >= 0.6 is 0 Å². The number of carboxylic acids is 1. The van der Waals surface area contributed by atoms with Gasteiger partial charge in [-0.05, 0) is 97.7 Å². The molecule has 0 unspecified atom stereocenters. The number of nitrogens with one attached hydrogen (secondary N) is 3. The van der Waals surface area contributed by atoms with Crippen molar-refractivity contribution < 1.29 is 19.4 Å². The van der Waals surface area contributed by atoms with E-state index >= 15 is 0 Å². The van der Waals surface area contributed by atoms with Crippen molar-refractivity contribution in [3.8, 4) is 18.1 Å². The van der Waals surface area contributed by atoms with Gasteiger partial charge in [0, 0.05) is 34.1 Å². The molecule has 3 aromatic rings. The van der Waals surface area contributed by atoms with Gasteiger partial charge in [-0.3, -0.25) is 14.9 Å². The normalized spacial score (nSPS) is 30.5. The Morgan fingerprint density at radius 1 is 1.05 bits per heavy atom. The topological polar surface area (TPSA) is 103 Å². The Morgan fingerprint density at radius 3 is 2.38 bits per heavy atom. The highest BCUT2D eigenvalue weighted by atomic mass is 16.5. The summed E-state index contributed by atoms with van der Waals surface area (Å²) in [6, 6.07) is 12.2. The number of hydrogen-bond donors (Lipinski definition) is 4. The van der Waals surface area contributed by atoms with Gasteiger partial charge in [-0.25, -0.2) is 0 Å². The summed E-state index contributed by atoms with van der Waals surface area (Å²) in [5, 5.41) is 17.6. The summed E-state index contributed by atoms with van der Waals surface area (Å²) >= 11 is 0. The summed E-state index contributed by atoms with van der Waals surface area (Å²) < 4.78 is 5.61. The van der Waals surface area contributed by atoms with Crippen LogP contribution in [0, 0.1) is 30.1 Å². The van der Waals surface area contributed by atoms with Crippen LogP contribution in [0.2, 0.25) is 0 Å². The average molecular weight is 524 g/mol. The number of terminal acetylenes is 1. The number of benzene rings is 2. The van der Waals surface area contributed by atoms with Crippen LogP contribution in [0.3, 0.4) is 0 Å². The second-order valence-electron chi connectivity index (χ2n) is 12.2. The van der Waals surface area contributed by atoms with Crippen molar-refractivity contribution in [1.82, 2.24) is 15.6 Å². The minimum atomic E-state index is -0.897. The van der Waals surface area contributed by atoms with Crippen LogP contribution in [-0.4, -0.2) is 40.2 Å². The number of aromatic nitrogens is 1. The Kier molecular flexibility index (Phi) is 5.71. The largest absolute Gasteiger partial charge is 0.481 e. The van der Waals surface area contributed by atoms with Gasteiger partial charge in [0.15, 0.2) is 0 Å². The third kappa shape index (κ3) is 4.28. The molecular weight excluding hydrogens is 490 g/mol. The van der Waals surface area contributed by atoms with Gasteiger partial charge in [0.25, 0.3) is 5.91 Å². The van der Waals surface area contributed by atoms with Gasteiger partial charge < -0.3 is 20.1 Å². The molecule has 1 aliphatic heterocycles. The van der Waals surface area contributed by atoms with Crippen molar-refractivity contribution >= 4 is 22.8 Å². The lowest BCUT2D eigenvalue weighted by Gasteiger charge is -2.56. The highest BCUT2D eigenvalue weighted by Crippen LogP contribution is 2.55. The number of fused-ring (bicyclic) bond motifs is 3. The molecule has 5 aliphatic rings. The Labute approximate surface area is 227 Å². The number of carboxylic acid groups (broad SMARTS) is 1. The zero-order valence-electron chi connectivity index (χ0n) is 21.8. The van der Waals surface area contributed by atoms with Crippen LogP contribution in [0.25, 0.3) is 10.9 Å². The van der Waals surface area contributed by atoms with Crippen LogP contribution in [0.5, 0.6) is 5.75 Å². The second kappa shape index (κ2) is 9.17. The van der Waals surface area contributed by atoms with E-state index < -0.39 is 12.0 Å².